The molecule has 0 aromatic heterocycles. The van der Waals surface area contributed by atoms with Crippen molar-refractivity contribution in [2.24, 2.45) is 0 Å². The van der Waals surface area contributed by atoms with Gasteiger partial charge in [0.1, 0.15) is 0 Å². The molecule has 0 spiro atoms. The van der Waals surface area contributed by atoms with E-state index in [-0.39, 0.29) is 22.9 Å². The highest BCUT2D eigenvalue weighted by Gasteiger charge is 2.25. The van der Waals surface area contributed by atoms with Gasteiger partial charge in [-0.15, -0.1) is 0 Å². The molecule has 0 bridgehead atoms. The van der Waals surface area contributed by atoms with Crippen LogP contribution in [0.3, 0.4) is 0 Å². The Hall–Kier alpha value is -3.28. The average Bonchev–Trinajstić information content (AvgIpc) is 3.16. The number of benzene rings is 2. The van der Waals surface area contributed by atoms with E-state index < -0.39 is 23.1 Å². The molecule has 2 aromatic carbocycles. The first-order valence-electron chi connectivity index (χ1n) is 20.4. The van der Waals surface area contributed by atoms with Gasteiger partial charge >= 0.3 is 0 Å². The molecule has 2 aliphatic heterocycles. The molecule has 0 aliphatic carbocycles. The van der Waals surface area contributed by atoms with E-state index in [2.05, 4.69) is 20.4 Å². The highest BCUT2D eigenvalue weighted by molar-refractivity contribution is 5.95. The lowest BCUT2D eigenvalue weighted by Gasteiger charge is -2.37. The van der Waals surface area contributed by atoms with Crippen molar-refractivity contribution in [3.05, 3.63) is 59.2 Å². The predicted molar refractivity (Wildman–Crippen MR) is 205 cm³/mol. The monoisotopic (exact) mass is 742 g/mol. The van der Waals surface area contributed by atoms with E-state index in [4.69, 9.17) is 4.74 Å². The minimum atomic E-state index is -0.724. The molecule has 2 saturated heterocycles. The molecule has 4 N–H and O–H groups in total. The van der Waals surface area contributed by atoms with Crippen molar-refractivity contribution < 1.29 is 33.3 Å². The standard InChI is InChI=1S/C42H64F2N4O5/c43-37-17-15-33(31-39(37)49)41(51)45-23-11-7-3-1-5-9-13-25-47-27-19-35(20-28-47)53-36-21-29-48(30-22-36)26-14-10-6-2-4-8-12-24-46-42(52)34-16-18-38(44)40(50)32-34/h15-18,31-32,35-36,49-50H,1-14,19-30H2,(H,45,51)(H,46,52). The summed E-state index contributed by atoms with van der Waals surface area (Å²) in [6, 6.07) is 7.29. The molecule has 4 rings (SSSR count). The summed E-state index contributed by atoms with van der Waals surface area (Å²) in [6.45, 7) is 8.13. The van der Waals surface area contributed by atoms with Crippen molar-refractivity contribution in [3.63, 3.8) is 0 Å². The van der Waals surface area contributed by atoms with Crippen molar-refractivity contribution in [1.29, 1.82) is 0 Å². The normalized spacial score (nSPS) is 16.2. The van der Waals surface area contributed by atoms with Crippen LogP contribution in [0.15, 0.2) is 36.4 Å². The minimum absolute atomic E-state index is 0.273. The second kappa shape index (κ2) is 24.2. The number of halogens is 2. The van der Waals surface area contributed by atoms with Gasteiger partial charge in [0.25, 0.3) is 11.8 Å². The number of phenols is 2. The predicted octanol–water partition coefficient (Wildman–Crippen LogP) is 7.94. The minimum Gasteiger partial charge on any atom is -0.505 e. The number of likely N-dealkylation sites (tertiary alicyclic amines) is 2. The zero-order valence-electron chi connectivity index (χ0n) is 31.8. The van der Waals surface area contributed by atoms with Crippen molar-refractivity contribution >= 4 is 11.8 Å². The van der Waals surface area contributed by atoms with Gasteiger partial charge in [0.15, 0.2) is 23.1 Å². The summed E-state index contributed by atoms with van der Waals surface area (Å²) in [5.41, 5.74) is 0.547. The zero-order chi connectivity index (χ0) is 37.7. The number of nitrogens with one attached hydrogen (secondary N) is 2. The Morgan fingerprint density at radius 2 is 0.906 bits per heavy atom. The van der Waals surface area contributed by atoms with Crippen molar-refractivity contribution in [2.45, 2.75) is 128 Å². The first-order chi connectivity index (χ1) is 25.8. The number of phenolic OH excluding ortho intramolecular Hbond substituents is 2. The van der Waals surface area contributed by atoms with Gasteiger partial charge in [-0.3, -0.25) is 9.59 Å². The van der Waals surface area contributed by atoms with Crippen LogP contribution in [0.5, 0.6) is 11.5 Å². The number of amides is 2. The largest absolute Gasteiger partial charge is 0.505 e. The van der Waals surface area contributed by atoms with Gasteiger partial charge in [0.2, 0.25) is 0 Å². The van der Waals surface area contributed by atoms with Crippen LogP contribution in [-0.2, 0) is 4.74 Å². The number of ether oxygens (including phenoxy) is 1. The Balaban J connectivity index is 0.883. The molecule has 0 saturated carbocycles. The molecule has 2 heterocycles. The second-order valence-corrected chi connectivity index (χ2v) is 15.0. The zero-order valence-corrected chi connectivity index (χ0v) is 31.8. The van der Waals surface area contributed by atoms with Crippen LogP contribution >= 0.6 is 0 Å². The van der Waals surface area contributed by atoms with Crippen LogP contribution in [0.25, 0.3) is 0 Å². The molecule has 2 aromatic rings. The summed E-state index contributed by atoms with van der Waals surface area (Å²) in [6.07, 6.45) is 21.7. The van der Waals surface area contributed by atoms with Crippen LogP contribution in [-0.4, -0.2) is 96.4 Å². The summed E-state index contributed by atoms with van der Waals surface area (Å²) in [5, 5.41) is 24.5. The Bertz CT molecular complexity index is 1260. The molecule has 53 heavy (non-hydrogen) atoms. The molecule has 296 valence electrons. The molecule has 0 unspecified atom stereocenters. The average molecular weight is 743 g/mol. The lowest BCUT2D eigenvalue weighted by molar-refractivity contribution is -0.0650. The van der Waals surface area contributed by atoms with Crippen LogP contribution in [0.2, 0.25) is 0 Å². The van der Waals surface area contributed by atoms with E-state index in [1.54, 1.807) is 0 Å². The van der Waals surface area contributed by atoms with E-state index in [0.717, 1.165) is 102 Å². The number of nitrogens with zero attached hydrogens (tertiary/aromatic N) is 2. The highest BCUT2D eigenvalue weighted by Crippen LogP contribution is 2.22. The van der Waals surface area contributed by atoms with E-state index in [1.807, 2.05) is 0 Å². The third-order valence-corrected chi connectivity index (χ3v) is 10.7. The van der Waals surface area contributed by atoms with Crippen molar-refractivity contribution in [2.75, 3.05) is 52.4 Å². The third kappa shape index (κ3) is 16.3. The topological polar surface area (TPSA) is 114 Å². The maximum atomic E-state index is 13.2. The van der Waals surface area contributed by atoms with Gasteiger partial charge in [-0.2, -0.15) is 0 Å². The highest BCUT2D eigenvalue weighted by atomic mass is 19.1. The molecule has 11 heteroatoms. The van der Waals surface area contributed by atoms with E-state index >= 15 is 0 Å². The first kappa shape index (κ1) is 42.5. The first-order valence-corrected chi connectivity index (χ1v) is 20.4. The van der Waals surface area contributed by atoms with Gasteiger partial charge in [-0.25, -0.2) is 8.78 Å². The number of rotatable bonds is 24. The molecule has 9 nitrogen and oxygen atoms in total. The maximum absolute atomic E-state index is 13.2. The van der Waals surface area contributed by atoms with Crippen molar-refractivity contribution in [3.8, 4) is 11.5 Å². The fraction of sp³-hybridized carbons (Fsp3) is 0.667. The Kier molecular flexibility index (Phi) is 19.4. The molecule has 0 radical (unpaired) electrons. The van der Waals surface area contributed by atoms with Gasteiger partial charge < -0.3 is 35.4 Å². The van der Waals surface area contributed by atoms with Gasteiger partial charge in [-0.05, 0) is 101 Å². The number of hydrogen-bond donors (Lipinski definition) is 4. The summed E-state index contributed by atoms with van der Waals surface area (Å²) in [4.78, 5) is 29.4. The Morgan fingerprint density at radius 1 is 0.566 bits per heavy atom. The molecule has 0 atom stereocenters. The van der Waals surface area contributed by atoms with Gasteiger partial charge in [0.05, 0.1) is 12.2 Å². The summed E-state index contributed by atoms with van der Waals surface area (Å²) in [5.74, 6) is -3.02. The van der Waals surface area contributed by atoms with Gasteiger partial charge in [0, 0.05) is 50.4 Å². The fourth-order valence-corrected chi connectivity index (χ4v) is 7.41. The number of aromatic hydroxyl groups is 2. The van der Waals surface area contributed by atoms with Crippen LogP contribution in [0.1, 0.15) is 136 Å². The quantitative estimate of drug-likeness (QED) is 0.0808. The Morgan fingerprint density at radius 3 is 1.26 bits per heavy atom. The van der Waals surface area contributed by atoms with E-state index in [1.165, 1.54) is 89.4 Å². The van der Waals surface area contributed by atoms with Crippen molar-refractivity contribution in [1.82, 2.24) is 20.4 Å². The molecular formula is C42H64F2N4O5. The number of piperidine rings is 2. The number of carbonyl (C=O) groups is 2. The lowest BCUT2D eigenvalue weighted by Crippen LogP contribution is -2.42. The molecule has 2 amide bonds. The smallest absolute Gasteiger partial charge is 0.251 e. The fourth-order valence-electron chi connectivity index (χ4n) is 7.41. The number of carbonyl (C=O) groups excluding carboxylic acids is 2. The van der Waals surface area contributed by atoms with E-state index in [9.17, 15) is 28.6 Å². The number of unbranched alkanes of at least 4 members (excludes halogenated alkanes) is 12. The third-order valence-electron chi connectivity index (χ3n) is 10.7. The van der Waals surface area contributed by atoms with E-state index in [0.29, 0.717) is 25.3 Å². The summed E-state index contributed by atoms with van der Waals surface area (Å²) in [7, 11) is 0. The lowest BCUT2D eigenvalue weighted by atomic mass is 10.0. The maximum Gasteiger partial charge on any atom is 0.251 e. The molecule has 2 aliphatic rings. The second-order valence-electron chi connectivity index (χ2n) is 15.0. The van der Waals surface area contributed by atoms with Crippen LogP contribution in [0.4, 0.5) is 8.78 Å². The molecule has 2 fully saturated rings. The summed E-state index contributed by atoms with van der Waals surface area (Å²) >= 11 is 0. The Labute approximate surface area is 315 Å². The number of hydrogen-bond acceptors (Lipinski definition) is 7. The summed E-state index contributed by atoms with van der Waals surface area (Å²) < 4.78 is 32.9. The van der Waals surface area contributed by atoms with Gasteiger partial charge in [-0.1, -0.05) is 64.2 Å². The van der Waals surface area contributed by atoms with Crippen LogP contribution in [0, 0.1) is 11.6 Å². The molecular weight excluding hydrogens is 678 g/mol. The SMILES string of the molecule is O=C(NCCCCCCCCCN1CCC(OC2CCN(CCCCCCCCCNC(=O)c3ccc(F)c(O)c3)CC2)CC1)c1ccc(F)c(O)c1. The van der Waals surface area contributed by atoms with Crippen LogP contribution < -0.4 is 10.6 Å².